The highest BCUT2D eigenvalue weighted by Gasteiger charge is 2.29. The molecule has 3 N–H and O–H groups in total. The summed E-state index contributed by atoms with van der Waals surface area (Å²) in [5.41, 5.74) is 5.35. The third-order valence-corrected chi connectivity index (χ3v) is 2.91. The number of nitrogens with one attached hydrogen (secondary N) is 3. The van der Waals surface area contributed by atoms with E-state index in [2.05, 4.69) is 16.2 Å². The Morgan fingerprint density at radius 1 is 0.950 bits per heavy atom. The fraction of sp³-hybridized carbons (Fsp3) is 0.357. The van der Waals surface area contributed by atoms with Crippen molar-refractivity contribution in [1.82, 2.24) is 10.9 Å². The predicted octanol–water partition coefficient (Wildman–Crippen LogP) is 0.963. The van der Waals surface area contributed by atoms with Crippen molar-refractivity contribution < 1.29 is 14.4 Å². The van der Waals surface area contributed by atoms with Crippen LogP contribution in [-0.2, 0) is 14.4 Å². The van der Waals surface area contributed by atoms with Crippen LogP contribution in [0.3, 0.4) is 0 Å². The van der Waals surface area contributed by atoms with Crippen molar-refractivity contribution in [2.45, 2.75) is 25.7 Å². The van der Waals surface area contributed by atoms with Crippen LogP contribution in [0.5, 0.6) is 0 Å². The summed E-state index contributed by atoms with van der Waals surface area (Å²) in [6, 6.07) is 9.03. The van der Waals surface area contributed by atoms with Gasteiger partial charge in [-0.05, 0) is 25.0 Å². The van der Waals surface area contributed by atoms with E-state index in [4.69, 9.17) is 0 Å². The topological polar surface area (TPSA) is 87.3 Å². The van der Waals surface area contributed by atoms with Crippen LogP contribution < -0.4 is 16.2 Å². The molecule has 6 nitrogen and oxygen atoms in total. The largest absolute Gasteiger partial charge is 0.326 e. The molecule has 6 heteroatoms. The van der Waals surface area contributed by atoms with E-state index >= 15 is 0 Å². The molecule has 0 heterocycles. The van der Waals surface area contributed by atoms with Gasteiger partial charge in [0, 0.05) is 24.4 Å². The average molecular weight is 275 g/mol. The monoisotopic (exact) mass is 275 g/mol. The molecule has 0 spiro atoms. The molecule has 0 radical (unpaired) electrons. The molecule has 1 aromatic carbocycles. The molecule has 0 bridgehead atoms. The van der Waals surface area contributed by atoms with Crippen molar-refractivity contribution >= 4 is 23.4 Å². The minimum absolute atomic E-state index is 0.0314. The molecule has 0 aromatic heterocycles. The van der Waals surface area contributed by atoms with Gasteiger partial charge < -0.3 is 5.32 Å². The van der Waals surface area contributed by atoms with Crippen LogP contribution in [0.25, 0.3) is 0 Å². The number of anilines is 1. The molecule has 0 atom stereocenters. The summed E-state index contributed by atoms with van der Waals surface area (Å²) in [6.07, 6.45) is 1.85. The lowest BCUT2D eigenvalue weighted by Gasteiger charge is -2.07. The SMILES string of the molecule is O=C(CCC(=O)Nc1ccccc1)NNC(=O)C1CC1. The second-order valence-electron chi connectivity index (χ2n) is 4.73. The van der Waals surface area contributed by atoms with Crippen LogP contribution in [0.15, 0.2) is 30.3 Å². The van der Waals surface area contributed by atoms with Gasteiger partial charge in [-0.1, -0.05) is 18.2 Å². The number of carbonyl (C=O) groups excluding carboxylic acids is 3. The smallest absolute Gasteiger partial charge is 0.241 e. The molecule has 0 aliphatic heterocycles. The molecule has 1 aliphatic rings. The molecule has 1 saturated carbocycles. The summed E-state index contributed by atoms with van der Waals surface area (Å²) < 4.78 is 0. The van der Waals surface area contributed by atoms with Crippen molar-refractivity contribution in [3.63, 3.8) is 0 Å². The van der Waals surface area contributed by atoms with Gasteiger partial charge in [-0.3, -0.25) is 25.2 Å². The van der Waals surface area contributed by atoms with Gasteiger partial charge in [-0.2, -0.15) is 0 Å². The number of amides is 3. The van der Waals surface area contributed by atoms with E-state index in [0.29, 0.717) is 5.69 Å². The van der Waals surface area contributed by atoms with E-state index in [1.165, 1.54) is 0 Å². The Morgan fingerprint density at radius 2 is 1.60 bits per heavy atom. The predicted molar refractivity (Wildman–Crippen MR) is 73.3 cm³/mol. The standard InChI is InChI=1S/C14H17N3O3/c18-12(15-11-4-2-1-3-5-11)8-9-13(19)16-17-14(20)10-6-7-10/h1-5,10H,6-9H2,(H,15,18)(H,16,19)(H,17,20). The van der Waals surface area contributed by atoms with Crippen molar-refractivity contribution in [1.29, 1.82) is 0 Å². The molecule has 0 unspecified atom stereocenters. The van der Waals surface area contributed by atoms with Gasteiger partial charge in [-0.15, -0.1) is 0 Å². The van der Waals surface area contributed by atoms with E-state index in [0.717, 1.165) is 12.8 Å². The number of para-hydroxylation sites is 1. The summed E-state index contributed by atoms with van der Waals surface area (Å²) >= 11 is 0. The van der Waals surface area contributed by atoms with Gasteiger partial charge in [0.1, 0.15) is 0 Å². The fourth-order valence-electron chi connectivity index (χ4n) is 1.61. The molecule has 1 aromatic rings. The van der Waals surface area contributed by atoms with E-state index < -0.39 is 0 Å². The van der Waals surface area contributed by atoms with Crippen LogP contribution in [0.1, 0.15) is 25.7 Å². The van der Waals surface area contributed by atoms with Crippen LogP contribution >= 0.6 is 0 Å². The van der Waals surface area contributed by atoms with E-state index in [1.54, 1.807) is 12.1 Å². The zero-order valence-corrected chi connectivity index (χ0v) is 11.0. The number of hydrogen-bond donors (Lipinski definition) is 3. The molecule has 106 valence electrons. The normalized spacial score (nSPS) is 13.4. The minimum atomic E-state index is -0.373. The Kier molecular flexibility index (Phi) is 4.70. The summed E-state index contributed by atoms with van der Waals surface area (Å²) in [5, 5.41) is 2.68. The highest BCUT2D eigenvalue weighted by molar-refractivity contribution is 5.93. The first kappa shape index (κ1) is 14.0. The van der Waals surface area contributed by atoms with Gasteiger partial charge in [-0.25, -0.2) is 0 Å². The van der Waals surface area contributed by atoms with Crippen molar-refractivity contribution in [3.05, 3.63) is 30.3 Å². The zero-order valence-electron chi connectivity index (χ0n) is 11.0. The Morgan fingerprint density at radius 3 is 2.25 bits per heavy atom. The maximum absolute atomic E-state index is 11.6. The van der Waals surface area contributed by atoms with Gasteiger partial charge in [0.15, 0.2) is 0 Å². The first-order chi connectivity index (χ1) is 9.65. The van der Waals surface area contributed by atoms with Gasteiger partial charge in [0.05, 0.1) is 0 Å². The molecular weight excluding hydrogens is 258 g/mol. The molecular formula is C14H17N3O3. The van der Waals surface area contributed by atoms with Gasteiger partial charge in [0.2, 0.25) is 17.7 Å². The highest BCUT2D eigenvalue weighted by atomic mass is 16.2. The summed E-state index contributed by atoms with van der Waals surface area (Å²) in [5.74, 6) is -0.731. The number of hydrazine groups is 1. The summed E-state index contributed by atoms with van der Waals surface area (Å²) in [6.45, 7) is 0. The van der Waals surface area contributed by atoms with Crippen LogP contribution in [0.2, 0.25) is 0 Å². The number of hydrogen-bond acceptors (Lipinski definition) is 3. The Bertz CT molecular complexity index is 498. The van der Waals surface area contributed by atoms with Gasteiger partial charge in [0.25, 0.3) is 0 Å². The molecule has 0 saturated heterocycles. The minimum Gasteiger partial charge on any atom is -0.326 e. The van der Waals surface area contributed by atoms with E-state index in [9.17, 15) is 14.4 Å². The second kappa shape index (κ2) is 6.70. The zero-order chi connectivity index (χ0) is 14.4. The molecule has 1 fully saturated rings. The lowest BCUT2D eigenvalue weighted by Crippen LogP contribution is -2.42. The summed E-state index contributed by atoms with van der Waals surface area (Å²) in [7, 11) is 0. The Hall–Kier alpha value is -2.37. The lowest BCUT2D eigenvalue weighted by molar-refractivity contribution is -0.130. The van der Waals surface area contributed by atoms with Crippen LogP contribution in [0.4, 0.5) is 5.69 Å². The Labute approximate surface area is 116 Å². The van der Waals surface area contributed by atoms with Crippen molar-refractivity contribution in [2.24, 2.45) is 5.92 Å². The Balaban J connectivity index is 1.62. The van der Waals surface area contributed by atoms with E-state index in [-0.39, 0.29) is 36.5 Å². The molecule has 20 heavy (non-hydrogen) atoms. The maximum Gasteiger partial charge on any atom is 0.241 e. The lowest BCUT2D eigenvalue weighted by atomic mass is 10.2. The molecule has 1 aliphatic carbocycles. The van der Waals surface area contributed by atoms with Crippen LogP contribution in [0, 0.1) is 5.92 Å². The van der Waals surface area contributed by atoms with Gasteiger partial charge >= 0.3 is 0 Å². The number of carbonyl (C=O) groups is 3. The van der Waals surface area contributed by atoms with Crippen molar-refractivity contribution in [2.75, 3.05) is 5.32 Å². The average Bonchev–Trinajstić information content (AvgIpc) is 3.28. The number of benzene rings is 1. The molecule has 3 amide bonds. The third kappa shape index (κ3) is 4.72. The second-order valence-corrected chi connectivity index (χ2v) is 4.73. The van der Waals surface area contributed by atoms with Crippen molar-refractivity contribution in [3.8, 4) is 0 Å². The summed E-state index contributed by atoms with van der Waals surface area (Å²) in [4.78, 5) is 34.3. The highest BCUT2D eigenvalue weighted by Crippen LogP contribution is 2.28. The fourth-order valence-corrected chi connectivity index (χ4v) is 1.61. The number of rotatable bonds is 5. The third-order valence-electron chi connectivity index (χ3n) is 2.91. The first-order valence-corrected chi connectivity index (χ1v) is 6.59. The molecule has 2 rings (SSSR count). The first-order valence-electron chi connectivity index (χ1n) is 6.59. The maximum atomic E-state index is 11.6. The quantitative estimate of drug-likeness (QED) is 0.699. The van der Waals surface area contributed by atoms with E-state index in [1.807, 2.05) is 18.2 Å². The van der Waals surface area contributed by atoms with Crippen LogP contribution in [-0.4, -0.2) is 17.7 Å².